The predicted octanol–water partition coefficient (Wildman–Crippen LogP) is 14.4. The van der Waals surface area contributed by atoms with Crippen LogP contribution in [0.25, 0.3) is 0 Å². The van der Waals surface area contributed by atoms with Crippen molar-refractivity contribution in [2.45, 2.75) is 283 Å². The number of unbranched alkanes of at least 4 members (excludes halogenated alkanes) is 35. The molecule has 0 aliphatic rings. The highest BCUT2D eigenvalue weighted by Gasteiger charge is 2.27. The minimum Gasteiger partial charge on any atom is -0.387 e. The Morgan fingerprint density at radius 2 is 0.776 bits per heavy atom. The molecule has 0 rings (SSSR count). The summed E-state index contributed by atoms with van der Waals surface area (Å²) in [6.07, 6.45) is 53.9. The van der Waals surface area contributed by atoms with Gasteiger partial charge in [-0.2, -0.15) is 8.42 Å². The quantitative estimate of drug-likeness (QED) is 0.0275. The molecule has 0 saturated carbocycles. The summed E-state index contributed by atoms with van der Waals surface area (Å²) in [4.78, 5) is 12.7. The van der Waals surface area contributed by atoms with E-state index in [1.54, 1.807) is 6.08 Å². The maximum absolute atomic E-state index is 12.7. The second-order valence-corrected chi connectivity index (χ2v) is 19.1. The Bertz CT molecular complexity index is 1030. The smallest absolute Gasteiger partial charge is 0.267 e. The minimum absolute atomic E-state index is 0.279. The average molecular weight is 840 g/mol. The molecule has 0 aromatic rings. The molecule has 7 nitrogen and oxygen atoms in total. The molecule has 0 aromatic heterocycles. The number of rotatable bonds is 46. The molecule has 3 atom stereocenters. The van der Waals surface area contributed by atoms with Gasteiger partial charge < -0.3 is 15.5 Å². The van der Waals surface area contributed by atoms with E-state index in [9.17, 15) is 28.0 Å². The summed E-state index contributed by atoms with van der Waals surface area (Å²) >= 11 is 0. The molecule has 0 spiro atoms. The van der Waals surface area contributed by atoms with E-state index in [0.29, 0.717) is 12.8 Å². The van der Waals surface area contributed by atoms with Crippen molar-refractivity contribution in [2.24, 2.45) is 0 Å². The monoisotopic (exact) mass is 840 g/mol. The molecule has 0 bridgehead atoms. The van der Waals surface area contributed by atoms with Crippen molar-refractivity contribution in [3.8, 4) is 0 Å². The lowest BCUT2D eigenvalue weighted by atomic mass is 10.0. The Morgan fingerprint density at radius 3 is 1.14 bits per heavy atom. The zero-order valence-electron chi connectivity index (χ0n) is 38.3. The highest BCUT2D eigenvalue weighted by Crippen LogP contribution is 2.17. The molecule has 0 radical (unpaired) electrons. The van der Waals surface area contributed by atoms with E-state index >= 15 is 0 Å². The maximum Gasteiger partial charge on any atom is 0.267 e. The topological polar surface area (TPSA) is 124 Å². The van der Waals surface area contributed by atoms with Crippen LogP contribution >= 0.6 is 0 Å². The fourth-order valence-corrected chi connectivity index (χ4v) is 8.62. The van der Waals surface area contributed by atoms with Crippen LogP contribution in [0.3, 0.4) is 0 Å². The van der Waals surface area contributed by atoms with Gasteiger partial charge in [0.25, 0.3) is 10.1 Å². The third-order valence-corrected chi connectivity index (χ3v) is 12.5. The van der Waals surface area contributed by atoms with Crippen LogP contribution in [0.1, 0.15) is 264 Å². The van der Waals surface area contributed by atoms with E-state index in [4.69, 9.17) is 0 Å². The summed E-state index contributed by atoms with van der Waals surface area (Å²) in [5, 5.41) is 23.5. The first-order valence-corrected chi connectivity index (χ1v) is 26.8. The van der Waals surface area contributed by atoms with E-state index in [1.165, 1.54) is 205 Å². The Kier molecular flexibility index (Phi) is 42.9. The predicted molar refractivity (Wildman–Crippen MR) is 250 cm³/mol. The van der Waals surface area contributed by atoms with Crippen molar-refractivity contribution in [3.05, 3.63) is 24.3 Å². The van der Waals surface area contributed by atoms with Crippen LogP contribution < -0.4 is 5.32 Å². The standard InChI is InChI=1S/C50H97NO6S/c1-3-5-7-9-11-13-15-17-19-21-23-25-27-29-31-33-35-37-39-41-43-45-49(53)50(54)51-47(46-58(55,56)57)48(52)44-42-40-38-36-34-32-30-28-26-24-22-20-18-16-14-12-10-8-6-4-2/h34,36,42,44,47-49,52-53H,3-33,35,37-41,43,45-46H2,1-2H3,(H,51,54)(H,55,56,57)/b36-34+,44-42+. The second kappa shape index (κ2) is 43.9. The number of nitrogens with one attached hydrogen (secondary N) is 1. The van der Waals surface area contributed by atoms with Crippen LogP contribution in [0.15, 0.2) is 24.3 Å². The Labute approximate surface area is 360 Å². The van der Waals surface area contributed by atoms with Crippen molar-refractivity contribution >= 4 is 16.0 Å². The molecule has 0 heterocycles. The molecular formula is C50H97NO6S. The zero-order valence-corrected chi connectivity index (χ0v) is 39.1. The number of amides is 1. The molecule has 0 fully saturated rings. The molecule has 8 heteroatoms. The van der Waals surface area contributed by atoms with Crippen molar-refractivity contribution in [1.29, 1.82) is 0 Å². The summed E-state index contributed by atoms with van der Waals surface area (Å²) in [5.74, 6) is -1.55. The average Bonchev–Trinajstić information content (AvgIpc) is 3.19. The molecule has 0 aliphatic heterocycles. The largest absolute Gasteiger partial charge is 0.387 e. The summed E-state index contributed by atoms with van der Waals surface area (Å²) in [7, 11) is -4.45. The van der Waals surface area contributed by atoms with Gasteiger partial charge in [-0.05, 0) is 32.1 Å². The summed E-state index contributed by atoms with van der Waals surface area (Å²) in [6, 6.07) is -1.25. The van der Waals surface area contributed by atoms with Gasteiger partial charge in [-0.3, -0.25) is 9.35 Å². The fourth-order valence-electron chi connectivity index (χ4n) is 7.89. The van der Waals surface area contributed by atoms with E-state index in [-0.39, 0.29) is 6.42 Å². The van der Waals surface area contributed by atoms with E-state index < -0.39 is 40.0 Å². The number of allylic oxidation sites excluding steroid dienone is 3. The first kappa shape index (κ1) is 56.8. The van der Waals surface area contributed by atoms with Crippen LogP contribution in [0, 0.1) is 0 Å². The summed E-state index contributed by atoms with van der Waals surface area (Å²) in [5.41, 5.74) is 0. The zero-order chi connectivity index (χ0) is 42.6. The SMILES string of the molecule is CCCCCCCCCCCCCCCC/C=C/CC/C=C/C(O)C(CS(=O)(=O)O)NC(=O)C(O)CCCCCCCCCCCCCCCCCCCCCCC. The van der Waals surface area contributed by atoms with Gasteiger partial charge in [-0.25, -0.2) is 0 Å². The first-order chi connectivity index (χ1) is 28.2. The normalized spacial score (nSPS) is 13.8. The lowest BCUT2D eigenvalue weighted by Crippen LogP contribution is -2.50. The molecule has 3 unspecified atom stereocenters. The molecule has 4 N–H and O–H groups in total. The van der Waals surface area contributed by atoms with Crippen molar-refractivity contribution in [1.82, 2.24) is 5.32 Å². The van der Waals surface area contributed by atoms with Gasteiger partial charge in [0.15, 0.2) is 0 Å². The highest BCUT2D eigenvalue weighted by atomic mass is 32.2. The maximum atomic E-state index is 12.7. The third kappa shape index (κ3) is 42.9. The second-order valence-electron chi connectivity index (χ2n) is 17.6. The van der Waals surface area contributed by atoms with Gasteiger partial charge in [-0.15, -0.1) is 0 Å². The van der Waals surface area contributed by atoms with Gasteiger partial charge >= 0.3 is 0 Å². The van der Waals surface area contributed by atoms with Gasteiger partial charge in [-0.1, -0.05) is 256 Å². The number of aliphatic hydroxyl groups is 2. The van der Waals surface area contributed by atoms with Crippen LogP contribution in [0.5, 0.6) is 0 Å². The van der Waals surface area contributed by atoms with Crippen molar-refractivity contribution in [3.63, 3.8) is 0 Å². The highest BCUT2D eigenvalue weighted by molar-refractivity contribution is 7.85. The number of carbonyl (C=O) groups is 1. The molecular weight excluding hydrogens is 743 g/mol. The summed E-state index contributed by atoms with van der Waals surface area (Å²) in [6.45, 7) is 4.55. The minimum atomic E-state index is -4.45. The number of carbonyl (C=O) groups excluding carboxylic acids is 1. The Balaban J connectivity index is 3.92. The summed E-state index contributed by atoms with van der Waals surface area (Å²) < 4.78 is 32.7. The lowest BCUT2D eigenvalue weighted by Gasteiger charge is -2.22. The van der Waals surface area contributed by atoms with Crippen LogP contribution in [0.4, 0.5) is 0 Å². The van der Waals surface area contributed by atoms with Crippen LogP contribution in [-0.2, 0) is 14.9 Å². The Morgan fingerprint density at radius 1 is 0.466 bits per heavy atom. The lowest BCUT2D eigenvalue weighted by molar-refractivity contribution is -0.130. The van der Waals surface area contributed by atoms with Gasteiger partial charge in [0.2, 0.25) is 5.91 Å². The van der Waals surface area contributed by atoms with Crippen molar-refractivity contribution < 1.29 is 28.0 Å². The van der Waals surface area contributed by atoms with Gasteiger partial charge in [0, 0.05) is 0 Å². The molecule has 58 heavy (non-hydrogen) atoms. The van der Waals surface area contributed by atoms with Crippen molar-refractivity contribution in [2.75, 3.05) is 5.75 Å². The Hall–Kier alpha value is -1.22. The first-order valence-electron chi connectivity index (χ1n) is 25.1. The molecule has 1 amide bonds. The van der Waals surface area contributed by atoms with Crippen LogP contribution in [-0.4, -0.2) is 53.1 Å². The van der Waals surface area contributed by atoms with E-state index in [0.717, 1.165) is 32.1 Å². The van der Waals surface area contributed by atoms with E-state index in [1.807, 2.05) is 0 Å². The van der Waals surface area contributed by atoms with Crippen LogP contribution in [0.2, 0.25) is 0 Å². The number of hydrogen-bond acceptors (Lipinski definition) is 5. The fraction of sp³-hybridized carbons (Fsp3) is 0.900. The molecule has 0 saturated heterocycles. The molecule has 0 aliphatic carbocycles. The molecule has 0 aromatic carbocycles. The van der Waals surface area contributed by atoms with Gasteiger partial charge in [0.1, 0.15) is 6.10 Å². The number of hydrogen-bond donors (Lipinski definition) is 4. The number of aliphatic hydroxyl groups excluding tert-OH is 2. The van der Waals surface area contributed by atoms with E-state index in [2.05, 4.69) is 31.3 Å². The third-order valence-electron chi connectivity index (χ3n) is 11.7. The molecule has 344 valence electrons. The van der Waals surface area contributed by atoms with Gasteiger partial charge in [0.05, 0.1) is 17.9 Å².